The first-order valence-electron chi connectivity index (χ1n) is 6.28. The maximum atomic E-state index is 11.8. The number of rotatable bonds is 5. The Kier molecular flexibility index (Phi) is 5.47. The van der Waals surface area contributed by atoms with Crippen LogP contribution in [0.4, 0.5) is 11.4 Å². The van der Waals surface area contributed by atoms with Crippen LogP contribution in [0.5, 0.6) is 5.75 Å². The van der Waals surface area contributed by atoms with Crippen LogP contribution >= 0.6 is 27.5 Å². The molecule has 4 nitrogen and oxygen atoms in total. The third-order valence-electron chi connectivity index (χ3n) is 2.67. The molecule has 0 unspecified atom stereocenters. The Labute approximate surface area is 136 Å². The fourth-order valence-corrected chi connectivity index (χ4v) is 2.16. The lowest BCUT2D eigenvalue weighted by Crippen LogP contribution is -2.15. The molecule has 0 aliphatic carbocycles. The average Bonchev–Trinajstić information content (AvgIpc) is 2.43. The van der Waals surface area contributed by atoms with Gasteiger partial charge in [0.2, 0.25) is 5.91 Å². The zero-order valence-electron chi connectivity index (χ0n) is 11.1. The lowest BCUT2D eigenvalue weighted by atomic mass is 10.2. The van der Waals surface area contributed by atoms with Crippen molar-refractivity contribution in [1.82, 2.24) is 0 Å². The van der Waals surface area contributed by atoms with E-state index in [2.05, 4.69) is 21.2 Å². The van der Waals surface area contributed by atoms with Crippen molar-refractivity contribution in [3.05, 3.63) is 52.0 Å². The number of halogens is 2. The molecule has 3 N–H and O–H groups in total. The fraction of sp³-hybridized carbons (Fsp3) is 0.133. The molecule has 0 aromatic heterocycles. The highest BCUT2D eigenvalue weighted by molar-refractivity contribution is 9.10. The van der Waals surface area contributed by atoms with E-state index in [1.807, 2.05) is 24.3 Å². The normalized spacial score (nSPS) is 10.2. The zero-order chi connectivity index (χ0) is 15.2. The Bertz CT molecular complexity index is 649. The molecule has 2 aromatic rings. The Morgan fingerprint density at radius 1 is 1.29 bits per heavy atom. The van der Waals surface area contributed by atoms with Crippen LogP contribution in [0.3, 0.4) is 0 Å². The number of amides is 1. The third-order valence-corrected chi connectivity index (χ3v) is 3.51. The zero-order valence-corrected chi connectivity index (χ0v) is 13.4. The van der Waals surface area contributed by atoms with Gasteiger partial charge >= 0.3 is 0 Å². The van der Waals surface area contributed by atoms with Gasteiger partial charge in [0.05, 0.1) is 23.7 Å². The van der Waals surface area contributed by atoms with Gasteiger partial charge in [-0.1, -0.05) is 33.6 Å². The molecule has 0 bridgehead atoms. The number of benzene rings is 2. The Morgan fingerprint density at radius 2 is 2.10 bits per heavy atom. The van der Waals surface area contributed by atoms with E-state index in [9.17, 15) is 4.79 Å². The van der Waals surface area contributed by atoms with Crippen LogP contribution in [0.15, 0.2) is 46.9 Å². The molecular formula is C15H14BrClN2O2. The van der Waals surface area contributed by atoms with Gasteiger partial charge in [-0.2, -0.15) is 0 Å². The first-order valence-corrected chi connectivity index (χ1v) is 7.45. The topological polar surface area (TPSA) is 64.3 Å². The average molecular weight is 370 g/mol. The monoisotopic (exact) mass is 368 g/mol. The van der Waals surface area contributed by atoms with Gasteiger partial charge in [0.25, 0.3) is 0 Å². The van der Waals surface area contributed by atoms with Crippen molar-refractivity contribution in [2.45, 2.75) is 6.42 Å². The summed E-state index contributed by atoms with van der Waals surface area (Å²) in [6, 6.07) is 12.4. The van der Waals surface area contributed by atoms with E-state index in [0.29, 0.717) is 28.8 Å². The van der Waals surface area contributed by atoms with Gasteiger partial charge in [-0.25, -0.2) is 0 Å². The number of nitrogens with one attached hydrogen (secondary N) is 1. The quantitative estimate of drug-likeness (QED) is 0.780. The van der Waals surface area contributed by atoms with Gasteiger partial charge in [0.1, 0.15) is 5.75 Å². The number of anilines is 2. The lowest BCUT2D eigenvalue weighted by Gasteiger charge is -2.08. The smallest absolute Gasteiger partial charge is 0.227 e. The highest BCUT2D eigenvalue weighted by Gasteiger charge is 2.05. The van der Waals surface area contributed by atoms with E-state index in [0.717, 1.165) is 4.47 Å². The predicted molar refractivity (Wildman–Crippen MR) is 88.7 cm³/mol. The van der Waals surface area contributed by atoms with Crippen LogP contribution < -0.4 is 15.8 Å². The number of carbonyl (C=O) groups excluding carboxylic acids is 1. The minimum atomic E-state index is -0.147. The summed E-state index contributed by atoms with van der Waals surface area (Å²) < 4.78 is 6.43. The summed E-state index contributed by atoms with van der Waals surface area (Å²) in [5, 5.41) is 3.20. The number of nitrogens with two attached hydrogens (primary N) is 1. The Morgan fingerprint density at radius 3 is 2.81 bits per heavy atom. The van der Waals surface area contributed by atoms with Crippen molar-refractivity contribution in [3.8, 4) is 5.75 Å². The van der Waals surface area contributed by atoms with Gasteiger partial charge in [-0.05, 0) is 36.4 Å². The molecule has 0 aliphatic heterocycles. The molecule has 0 spiro atoms. The molecule has 0 atom stereocenters. The summed E-state index contributed by atoms with van der Waals surface area (Å²) >= 11 is 9.18. The fourth-order valence-electron chi connectivity index (χ4n) is 1.66. The molecule has 0 radical (unpaired) electrons. The second-order valence-corrected chi connectivity index (χ2v) is 5.66. The number of nitrogen functional groups attached to an aromatic ring is 1. The van der Waals surface area contributed by atoms with Crippen molar-refractivity contribution < 1.29 is 9.53 Å². The van der Waals surface area contributed by atoms with Gasteiger partial charge in [-0.3, -0.25) is 4.79 Å². The van der Waals surface area contributed by atoms with Crippen molar-refractivity contribution >= 4 is 44.8 Å². The van der Waals surface area contributed by atoms with E-state index >= 15 is 0 Å². The van der Waals surface area contributed by atoms with Crippen LogP contribution in [0.25, 0.3) is 0 Å². The first-order chi connectivity index (χ1) is 10.0. The molecule has 0 saturated carbocycles. The van der Waals surface area contributed by atoms with Crippen molar-refractivity contribution in [2.24, 2.45) is 0 Å². The molecule has 6 heteroatoms. The van der Waals surface area contributed by atoms with Crippen molar-refractivity contribution in [3.63, 3.8) is 0 Å². The standard InChI is InChI=1S/C15H14BrClN2O2/c16-10-2-1-3-12(8-10)21-7-6-15(20)19-11-4-5-13(17)14(18)9-11/h1-5,8-9H,6-7,18H2,(H,19,20). The van der Waals surface area contributed by atoms with E-state index in [4.69, 9.17) is 22.1 Å². The highest BCUT2D eigenvalue weighted by atomic mass is 79.9. The lowest BCUT2D eigenvalue weighted by molar-refractivity contribution is -0.116. The summed E-state index contributed by atoms with van der Waals surface area (Å²) in [5.74, 6) is 0.569. The predicted octanol–water partition coefficient (Wildman–Crippen LogP) is 4.09. The summed E-state index contributed by atoms with van der Waals surface area (Å²) in [7, 11) is 0. The number of carbonyl (C=O) groups is 1. The summed E-state index contributed by atoms with van der Waals surface area (Å²) in [6.07, 6.45) is 0.245. The summed E-state index contributed by atoms with van der Waals surface area (Å²) in [4.78, 5) is 11.8. The Hall–Kier alpha value is -1.72. The van der Waals surface area contributed by atoms with Crippen molar-refractivity contribution in [1.29, 1.82) is 0 Å². The molecule has 0 fully saturated rings. The van der Waals surface area contributed by atoms with Gasteiger partial charge in [0.15, 0.2) is 0 Å². The van der Waals surface area contributed by atoms with E-state index < -0.39 is 0 Å². The molecular weight excluding hydrogens is 356 g/mol. The van der Waals surface area contributed by atoms with E-state index in [1.54, 1.807) is 18.2 Å². The van der Waals surface area contributed by atoms with Crippen LogP contribution in [0, 0.1) is 0 Å². The molecule has 2 aromatic carbocycles. The second kappa shape index (κ2) is 7.33. The second-order valence-electron chi connectivity index (χ2n) is 4.34. The van der Waals surface area contributed by atoms with Gasteiger partial charge in [-0.15, -0.1) is 0 Å². The molecule has 0 aliphatic rings. The largest absolute Gasteiger partial charge is 0.493 e. The molecule has 0 saturated heterocycles. The van der Waals surface area contributed by atoms with Crippen LogP contribution in [-0.4, -0.2) is 12.5 Å². The minimum absolute atomic E-state index is 0.147. The SMILES string of the molecule is Nc1cc(NC(=O)CCOc2cccc(Br)c2)ccc1Cl. The van der Waals surface area contributed by atoms with Crippen LogP contribution in [0.2, 0.25) is 5.02 Å². The molecule has 1 amide bonds. The molecule has 21 heavy (non-hydrogen) atoms. The molecule has 2 rings (SSSR count). The van der Waals surface area contributed by atoms with Gasteiger partial charge in [0, 0.05) is 10.2 Å². The van der Waals surface area contributed by atoms with Crippen molar-refractivity contribution in [2.75, 3.05) is 17.7 Å². The molecule has 0 heterocycles. The maximum Gasteiger partial charge on any atom is 0.227 e. The van der Waals surface area contributed by atoms with E-state index in [-0.39, 0.29) is 12.3 Å². The Balaban J connectivity index is 1.81. The summed E-state index contributed by atoms with van der Waals surface area (Å²) in [5.41, 5.74) is 6.72. The molecule has 110 valence electrons. The number of hydrogen-bond donors (Lipinski definition) is 2. The highest BCUT2D eigenvalue weighted by Crippen LogP contribution is 2.22. The van der Waals surface area contributed by atoms with Crippen LogP contribution in [-0.2, 0) is 4.79 Å². The van der Waals surface area contributed by atoms with E-state index in [1.165, 1.54) is 0 Å². The maximum absolute atomic E-state index is 11.8. The first kappa shape index (κ1) is 15.7. The third kappa shape index (κ3) is 4.95. The number of ether oxygens (including phenoxy) is 1. The minimum Gasteiger partial charge on any atom is -0.493 e. The van der Waals surface area contributed by atoms with Crippen LogP contribution in [0.1, 0.15) is 6.42 Å². The van der Waals surface area contributed by atoms with Gasteiger partial charge < -0.3 is 15.8 Å². The summed E-state index contributed by atoms with van der Waals surface area (Å²) in [6.45, 7) is 0.297. The number of hydrogen-bond acceptors (Lipinski definition) is 3.